The van der Waals surface area contributed by atoms with Crippen LogP contribution < -0.4 is 4.74 Å². The lowest BCUT2D eigenvalue weighted by molar-refractivity contribution is 0.163. The normalized spacial score (nSPS) is 14.6. The van der Waals surface area contributed by atoms with Crippen LogP contribution in [0.2, 0.25) is 0 Å². The molecule has 0 saturated heterocycles. The number of hydrogen-bond donors (Lipinski definition) is 2. The summed E-state index contributed by atoms with van der Waals surface area (Å²) < 4.78 is 6.49. The van der Waals surface area contributed by atoms with Crippen molar-refractivity contribution < 1.29 is 14.9 Å². The van der Waals surface area contributed by atoms with Gasteiger partial charge in [-0.05, 0) is 19.1 Å². The highest BCUT2D eigenvalue weighted by Crippen LogP contribution is 2.28. The molecule has 16 heavy (non-hydrogen) atoms. The molecule has 0 aromatic heterocycles. The van der Waals surface area contributed by atoms with Crippen molar-refractivity contribution >= 4 is 15.9 Å². The molecule has 4 heteroatoms. The number of ether oxygens (including phenoxy) is 1. The maximum Gasteiger partial charge on any atom is 0.126 e. The average molecular weight is 289 g/mol. The second-order valence-corrected chi connectivity index (χ2v) is 4.87. The summed E-state index contributed by atoms with van der Waals surface area (Å²) in [6, 6.07) is 5.52. The first-order valence-corrected chi connectivity index (χ1v) is 6.05. The summed E-state index contributed by atoms with van der Waals surface area (Å²) in [5, 5.41) is 18.5. The van der Waals surface area contributed by atoms with E-state index >= 15 is 0 Å². The largest absolute Gasteiger partial charge is 0.493 e. The Kier molecular flexibility index (Phi) is 5.25. The minimum absolute atomic E-state index is 0.0841. The standard InChI is InChI=1S/C12H17BrO3/c1-8(6-14)7-16-12-5-10(13)3-4-11(12)9(2)15/h3-5,8-9,14-15H,6-7H2,1-2H3. The molecule has 0 fully saturated rings. The number of aliphatic hydroxyl groups excluding tert-OH is 2. The first-order valence-electron chi connectivity index (χ1n) is 5.25. The Balaban J connectivity index is 2.80. The van der Waals surface area contributed by atoms with E-state index in [2.05, 4.69) is 15.9 Å². The molecular formula is C12H17BrO3. The zero-order chi connectivity index (χ0) is 12.1. The predicted molar refractivity (Wildman–Crippen MR) is 66.5 cm³/mol. The zero-order valence-electron chi connectivity index (χ0n) is 9.48. The molecule has 1 aromatic carbocycles. The van der Waals surface area contributed by atoms with E-state index in [1.165, 1.54) is 0 Å². The van der Waals surface area contributed by atoms with Crippen LogP contribution in [0.4, 0.5) is 0 Å². The number of aliphatic hydroxyl groups is 2. The maximum atomic E-state index is 9.57. The van der Waals surface area contributed by atoms with Crippen LogP contribution in [0.15, 0.2) is 22.7 Å². The molecule has 2 N–H and O–H groups in total. The van der Waals surface area contributed by atoms with Gasteiger partial charge in [-0.3, -0.25) is 0 Å². The quantitative estimate of drug-likeness (QED) is 0.875. The number of rotatable bonds is 5. The second-order valence-electron chi connectivity index (χ2n) is 3.96. The second kappa shape index (κ2) is 6.23. The highest BCUT2D eigenvalue weighted by atomic mass is 79.9. The van der Waals surface area contributed by atoms with Gasteiger partial charge in [-0.1, -0.05) is 28.9 Å². The van der Waals surface area contributed by atoms with Crippen LogP contribution in [-0.4, -0.2) is 23.4 Å². The van der Waals surface area contributed by atoms with Crippen molar-refractivity contribution in [2.45, 2.75) is 20.0 Å². The number of hydrogen-bond acceptors (Lipinski definition) is 3. The number of benzene rings is 1. The first kappa shape index (κ1) is 13.5. The Labute approximate surface area is 104 Å². The van der Waals surface area contributed by atoms with Crippen molar-refractivity contribution in [3.8, 4) is 5.75 Å². The van der Waals surface area contributed by atoms with Gasteiger partial charge in [0.1, 0.15) is 5.75 Å². The Morgan fingerprint density at radius 2 is 2.06 bits per heavy atom. The summed E-state index contributed by atoms with van der Waals surface area (Å²) >= 11 is 3.36. The van der Waals surface area contributed by atoms with Gasteiger partial charge in [-0.2, -0.15) is 0 Å². The Morgan fingerprint density at radius 1 is 1.38 bits per heavy atom. The Morgan fingerprint density at radius 3 is 2.62 bits per heavy atom. The van der Waals surface area contributed by atoms with Gasteiger partial charge in [-0.15, -0.1) is 0 Å². The minimum Gasteiger partial charge on any atom is -0.493 e. The molecule has 0 amide bonds. The van der Waals surface area contributed by atoms with Crippen LogP contribution in [0.3, 0.4) is 0 Å². The molecule has 0 radical (unpaired) electrons. The Bertz CT molecular complexity index is 339. The molecular weight excluding hydrogens is 272 g/mol. The third-order valence-electron chi connectivity index (χ3n) is 2.26. The Hall–Kier alpha value is -0.580. The van der Waals surface area contributed by atoms with Gasteiger partial charge in [0.25, 0.3) is 0 Å². The van der Waals surface area contributed by atoms with Crippen molar-refractivity contribution in [1.82, 2.24) is 0 Å². The highest BCUT2D eigenvalue weighted by Gasteiger charge is 2.10. The third kappa shape index (κ3) is 3.77. The van der Waals surface area contributed by atoms with Crippen LogP contribution in [-0.2, 0) is 0 Å². The SMILES string of the molecule is CC(CO)COc1cc(Br)ccc1C(C)O. The lowest BCUT2D eigenvalue weighted by Gasteiger charge is -2.16. The van der Waals surface area contributed by atoms with Gasteiger partial charge in [-0.25, -0.2) is 0 Å². The average Bonchev–Trinajstić information content (AvgIpc) is 2.25. The van der Waals surface area contributed by atoms with Gasteiger partial charge < -0.3 is 14.9 Å². The van der Waals surface area contributed by atoms with Crippen molar-refractivity contribution in [3.05, 3.63) is 28.2 Å². The van der Waals surface area contributed by atoms with Crippen LogP contribution in [0.1, 0.15) is 25.5 Å². The van der Waals surface area contributed by atoms with Crippen LogP contribution in [0.25, 0.3) is 0 Å². The van der Waals surface area contributed by atoms with E-state index in [4.69, 9.17) is 9.84 Å². The monoisotopic (exact) mass is 288 g/mol. The fourth-order valence-electron chi connectivity index (χ4n) is 1.26. The van der Waals surface area contributed by atoms with E-state index in [0.29, 0.717) is 12.4 Å². The van der Waals surface area contributed by atoms with Crippen LogP contribution in [0.5, 0.6) is 5.75 Å². The van der Waals surface area contributed by atoms with E-state index in [1.54, 1.807) is 6.92 Å². The molecule has 0 saturated carbocycles. The molecule has 0 aliphatic rings. The maximum absolute atomic E-state index is 9.57. The van der Waals surface area contributed by atoms with Gasteiger partial charge >= 0.3 is 0 Å². The van der Waals surface area contributed by atoms with Gasteiger partial charge in [0, 0.05) is 22.6 Å². The highest BCUT2D eigenvalue weighted by molar-refractivity contribution is 9.10. The molecule has 0 aliphatic carbocycles. The smallest absolute Gasteiger partial charge is 0.126 e. The molecule has 0 aliphatic heterocycles. The summed E-state index contributed by atoms with van der Waals surface area (Å²) in [4.78, 5) is 0. The third-order valence-corrected chi connectivity index (χ3v) is 2.75. The van der Waals surface area contributed by atoms with Gasteiger partial charge in [0.05, 0.1) is 12.7 Å². The molecule has 90 valence electrons. The zero-order valence-corrected chi connectivity index (χ0v) is 11.1. The van der Waals surface area contributed by atoms with Crippen molar-refractivity contribution in [2.75, 3.05) is 13.2 Å². The molecule has 0 bridgehead atoms. The molecule has 1 aromatic rings. The van der Waals surface area contributed by atoms with Gasteiger partial charge in [0.15, 0.2) is 0 Å². The molecule has 0 spiro atoms. The summed E-state index contributed by atoms with van der Waals surface area (Å²) in [7, 11) is 0. The summed E-state index contributed by atoms with van der Waals surface area (Å²) in [6.07, 6.45) is -0.562. The fraction of sp³-hybridized carbons (Fsp3) is 0.500. The van der Waals surface area contributed by atoms with Crippen LogP contribution in [0, 0.1) is 5.92 Å². The van der Waals surface area contributed by atoms with E-state index in [0.717, 1.165) is 10.0 Å². The first-order chi connectivity index (χ1) is 7.54. The molecule has 3 nitrogen and oxygen atoms in total. The molecule has 2 atom stereocenters. The van der Waals surface area contributed by atoms with Crippen molar-refractivity contribution in [3.63, 3.8) is 0 Å². The minimum atomic E-state index is -0.562. The lowest BCUT2D eigenvalue weighted by Crippen LogP contribution is -2.13. The van der Waals surface area contributed by atoms with Crippen molar-refractivity contribution in [1.29, 1.82) is 0 Å². The molecule has 2 unspecified atom stereocenters. The summed E-state index contributed by atoms with van der Waals surface area (Å²) in [6.45, 7) is 4.14. The van der Waals surface area contributed by atoms with E-state index in [1.807, 2.05) is 25.1 Å². The molecule has 1 rings (SSSR count). The van der Waals surface area contributed by atoms with Crippen LogP contribution >= 0.6 is 15.9 Å². The fourth-order valence-corrected chi connectivity index (χ4v) is 1.60. The lowest BCUT2D eigenvalue weighted by atomic mass is 10.1. The van der Waals surface area contributed by atoms with E-state index < -0.39 is 6.10 Å². The number of halogens is 1. The topological polar surface area (TPSA) is 49.7 Å². The van der Waals surface area contributed by atoms with Crippen molar-refractivity contribution in [2.24, 2.45) is 5.92 Å². The summed E-state index contributed by atoms with van der Waals surface area (Å²) in [5.41, 5.74) is 0.758. The van der Waals surface area contributed by atoms with Gasteiger partial charge in [0.2, 0.25) is 0 Å². The van der Waals surface area contributed by atoms with E-state index in [-0.39, 0.29) is 12.5 Å². The summed E-state index contributed by atoms with van der Waals surface area (Å²) in [5.74, 6) is 0.741. The molecule has 0 heterocycles. The van der Waals surface area contributed by atoms with E-state index in [9.17, 15) is 5.11 Å². The predicted octanol–water partition coefficient (Wildman–Crippen LogP) is 2.51.